The summed E-state index contributed by atoms with van der Waals surface area (Å²) in [4.78, 5) is 44.6. The van der Waals surface area contributed by atoms with Crippen molar-refractivity contribution in [2.24, 2.45) is 0 Å². The van der Waals surface area contributed by atoms with Gasteiger partial charge in [-0.3, -0.25) is 9.78 Å². The number of ether oxygens (including phenoxy) is 2. The van der Waals surface area contributed by atoms with Gasteiger partial charge in [-0.1, -0.05) is 65.8 Å². The first-order valence-electron chi connectivity index (χ1n) is 11.7. The van der Waals surface area contributed by atoms with Crippen molar-refractivity contribution in [3.63, 3.8) is 0 Å². The van der Waals surface area contributed by atoms with Gasteiger partial charge in [0.2, 0.25) is 0 Å². The average molecular weight is 501 g/mol. The largest absolute Gasteiger partial charge is 0.379 e. The van der Waals surface area contributed by atoms with Crippen molar-refractivity contribution in [1.29, 1.82) is 0 Å². The van der Waals surface area contributed by atoms with E-state index in [2.05, 4.69) is 48.5 Å². The van der Waals surface area contributed by atoms with Crippen LogP contribution in [0.25, 0.3) is 0 Å². The molecule has 8 heteroatoms. The van der Waals surface area contributed by atoms with Crippen LogP contribution >= 0.6 is 0 Å². The molecular formula is C28H36O8. The second-order valence-electron chi connectivity index (χ2n) is 10.1. The average Bonchev–Trinajstić information content (AvgIpc) is 2.83. The molecule has 196 valence electrons. The van der Waals surface area contributed by atoms with Gasteiger partial charge in [0, 0.05) is 6.61 Å². The van der Waals surface area contributed by atoms with Crippen LogP contribution in [-0.4, -0.2) is 38.4 Å². The Kier molecular flexibility index (Phi) is 11.0. The van der Waals surface area contributed by atoms with Crippen LogP contribution in [0.2, 0.25) is 0 Å². The van der Waals surface area contributed by atoms with Crippen molar-refractivity contribution in [3.8, 4) is 0 Å². The molecule has 0 aliphatic carbocycles. The second-order valence-corrected chi connectivity index (χ2v) is 10.1. The van der Waals surface area contributed by atoms with E-state index in [1.807, 2.05) is 24.3 Å². The lowest BCUT2D eigenvalue weighted by Crippen LogP contribution is -2.21. The summed E-state index contributed by atoms with van der Waals surface area (Å²) in [6.07, 6.45) is -0.371. The van der Waals surface area contributed by atoms with E-state index < -0.39 is 11.9 Å². The molecule has 0 fully saturated rings. The number of carbonyl (C=O) groups excluding carboxylic acids is 2. The molecular weight excluding hydrogens is 464 g/mol. The minimum absolute atomic E-state index is 0.0560. The van der Waals surface area contributed by atoms with Crippen molar-refractivity contribution in [2.45, 2.75) is 52.4 Å². The number of benzene rings is 2. The highest BCUT2D eigenvalue weighted by molar-refractivity contribution is 5.89. The molecule has 2 rings (SSSR count). The van der Waals surface area contributed by atoms with E-state index in [9.17, 15) is 9.59 Å². The van der Waals surface area contributed by atoms with Gasteiger partial charge in [-0.15, -0.1) is 9.78 Å². The van der Waals surface area contributed by atoms with Crippen molar-refractivity contribution >= 4 is 11.9 Å². The maximum atomic E-state index is 12.4. The number of hydrogen-bond acceptors (Lipinski definition) is 8. The molecule has 2 radical (unpaired) electrons. The van der Waals surface area contributed by atoms with Crippen LogP contribution in [0.1, 0.15) is 73.4 Å². The van der Waals surface area contributed by atoms with Crippen LogP contribution < -0.4 is 0 Å². The minimum Gasteiger partial charge on any atom is -0.379 e. The van der Waals surface area contributed by atoms with Crippen molar-refractivity contribution in [1.82, 2.24) is 0 Å². The summed E-state index contributed by atoms with van der Waals surface area (Å²) in [6, 6.07) is 13.9. The van der Waals surface area contributed by atoms with Gasteiger partial charge in [-0.05, 0) is 53.1 Å². The van der Waals surface area contributed by atoms with Crippen LogP contribution in [0, 0.1) is 13.2 Å². The maximum absolute atomic E-state index is 12.4. The standard InChI is InChI=1S/C28H36O8/c1-8-31-17-18-32-19-24(33-35-25(29)20-9-13-22(14-10-20)27(2,3)4)34-36-26(30)21-11-15-23(16-12-21)28(5,6)7/h9-16H,1,8,17-19H2,2-7H3. The Morgan fingerprint density at radius 1 is 0.639 bits per heavy atom. The highest BCUT2D eigenvalue weighted by Gasteiger charge is 2.23. The fourth-order valence-electron chi connectivity index (χ4n) is 2.91. The number of hydrogen-bond donors (Lipinski definition) is 0. The van der Waals surface area contributed by atoms with E-state index in [4.69, 9.17) is 29.0 Å². The Hall–Kier alpha value is -2.78. The molecule has 2 aromatic rings. The quantitative estimate of drug-likeness (QED) is 0.214. The Labute approximate surface area is 213 Å². The lowest BCUT2D eigenvalue weighted by molar-refractivity contribution is -0.368. The summed E-state index contributed by atoms with van der Waals surface area (Å²) in [5, 5.41) is 0. The zero-order chi connectivity index (χ0) is 26.8. The predicted octanol–water partition coefficient (Wildman–Crippen LogP) is 5.52. The third kappa shape index (κ3) is 9.70. The number of carbonyl (C=O) groups is 2. The molecule has 0 aliphatic rings. The van der Waals surface area contributed by atoms with E-state index in [-0.39, 0.29) is 48.1 Å². The molecule has 0 amide bonds. The van der Waals surface area contributed by atoms with Crippen LogP contribution in [-0.2, 0) is 39.9 Å². The molecule has 0 atom stereocenters. The van der Waals surface area contributed by atoms with Crippen molar-refractivity contribution in [2.75, 3.05) is 26.4 Å². The molecule has 36 heavy (non-hydrogen) atoms. The monoisotopic (exact) mass is 500 g/mol. The first-order chi connectivity index (χ1) is 16.9. The summed E-state index contributed by atoms with van der Waals surface area (Å²) < 4.78 is 10.5. The molecule has 0 spiro atoms. The summed E-state index contributed by atoms with van der Waals surface area (Å²) in [5.41, 5.74) is 2.58. The number of rotatable bonds is 12. The van der Waals surface area contributed by atoms with Crippen LogP contribution in [0.15, 0.2) is 48.5 Å². The molecule has 0 saturated carbocycles. The summed E-state index contributed by atoms with van der Waals surface area (Å²) in [6.45, 7) is 16.5. The first-order valence-corrected chi connectivity index (χ1v) is 11.7. The van der Waals surface area contributed by atoms with Crippen LogP contribution in [0.4, 0.5) is 0 Å². The molecule has 0 heterocycles. The lowest BCUT2D eigenvalue weighted by Gasteiger charge is -2.19. The van der Waals surface area contributed by atoms with Gasteiger partial charge in [0.05, 0.1) is 24.3 Å². The van der Waals surface area contributed by atoms with Crippen molar-refractivity contribution in [3.05, 3.63) is 84.0 Å². The highest BCUT2D eigenvalue weighted by Crippen LogP contribution is 2.24. The van der Waals surface area contributed by atoms with Gasteiger partial charge in [-0.2, -0.15) is 0 Å². The molecule has 0 bridgehead atoms. The molecule has 2 aromatic carbocycles. The molecule has 0 aromatic heterocycles. The summed E-state index contributed by atoms with van der Waals surface area (Å²) >= 11 is 0. The fraction of sp³-hybridized carbons (Fsp3) is 0.429. The Morgan fingerprint density at radius 2 is 1.03 bits per heavy atom. The third-order valence-electron chi connectivity index (χ3n) is 5.13. The van der Waals surface area contributed by atoms with Gasteiger partial charge < -0.3 is 9.47 Å². The highest BCUT2D eigenvalue weighted by atomic mass is 17.3. The van der Waals surface area contributed by atoms with E-state index in [0.29, 0.717) is 6.61 Å². The van der Waals surface area contributed by atoms with E-state index in [1.165, 1.54) is 0 Å². The van der Waals surface area contributed by atoms with Gasteiger partial charge in [0.25, 0.3) is 0 Å². The van der Waals surface area contributed by atoms with E-state index in [1.54, 1.807) is 24.3 Å². The SMILES string of the molecule is [CH2]COCCOC[C](OOC(=O)c1ccc(C(C)(C)C)cc1)OOC(=O)c1ccc(C(C)(C)C)cc1. The van der Waals surface area contributed by atoms with E-state index in [0.717, 1.165) is 11.1 Å². The van der Waals surface area contributed by atoms with Gasteiger partial charge in [0.15, 0.2) is 0 Å². The Balaban J connectivity index is 1.96. The molecule has 0 N–H and O–H groups in total. The smallest absolute Gasteiger partial charge is 0.373 e. The van der Waals surface area contributed by atoms with Crippen LogP contribution in [0.3, 0.4) is 0 Å². The molecule has 0 saturated heterocycles. The van der Waals surface area contributed by atoms with Crippen molar-refractivity contribution < 1.29 is 38.6 Å². The predicted molar refractivity (Wildman–Crippen MR) is 134 cm³/mol. The summed E-state index contributed by atoms with van der Waals surface area (Å²) in [7, 11) is 0. The maximum Gasteiger partial charge on any atom is 0.373 e. The second kappa shape index (κ2) is 13.5. The molecule has 0 aliphatic heterocycles. The fourth-order valence-corrected chi connectivity index (χ4v) is 2.91. The van der Waals surface area contributed by atoms with E-state index >= 15 is 0 Å². The minimum atomic E-state index is -0.749. The molecule has 0 unspecified atom stereocenters. The van der Waals surface area contributed by atoms with Gasteiger partial charge in [-0.25, -0.2) is 9.59 Å². The zero-order valence-electron chi connectivity index (χ0n) is 21.9. The third-order valence-corrected chi connectivity index (χ3v) is 5.13. The van der Waals surface area contributed by atoms with Gasteiger partial charge >= 0.3 is 18.2 Å². The van der Waals surface area contributed by atoms with Crippen LogP contribution in [0.5, 0.6) is 0 Å². The first kappa shape index (κ1) is 29.5. The normalized spacial score (nSPS) is 12.0. The lowest BCUT2D eigenvalue weighted by atomic mass is 9.87. The molecule has 8 nitrogen and oxygen atoms in total. The topological polar surface area (TPSA) is 89.5 Å². The Morgan fingerprint density at radius 3 is 1.39 bits per heavy atom. The Bertz CT molecular complexity index is 880. The zero-order valence-corrected chi connectivity index (χ0v) is 21.9. The van der Waals surface area contributed by atoms with Gasteiger partial charge in [0.1, 0.15) is 6.61 Å². The summed E-state index contributed by atoms with van der Waals surface area (Å²) in [5.74, 6) is -1.50.